The van der Waals surface area contributed by atoms with Crippen LogP contribution in [0.5, 0.6) is 0 Å². The minimum atomic E-state index is -4.54. The summed E-state index contributed by atoms with van der Waals surface area (Å²) < 4.78 is 38.1. The zero-order valence-electron chi connectivity index (χ0n) is 12.5. The molecule has 0 spiro atoms. The van der Waals surface area contributed by atoms with Crippen molar-refractivity contribution in [1.82, 2.24) is 5.32 Å². The quantitative estimate of drug-likeness (QED) is 0.754. The standard InChI is InChI=1S/C15H16ClF3N2O3/c16-11-6-3-9(15(17,18)19)7-12(11)21-14(24)20-10-4-1-8(2-5-10)13(22)23/h3,6-8,10H,1-2,4-5H2,(H,22,23)(H2,20,21,24). The Balaban J connectivity index is 1.94. The number of aliphatic carboxylic acids is 1. The lowest BCUT2D eigenvalue weighted by molar-refractivity contribution is -0.143. The maximum Gasteiger partial charge on any atom is 0.416 e. The van der Waals surface area contributed by atoms with Gasteiger partial charge in [0.25, 0.3) is 0 Å². The number of anilines is 1. The fourth-order valence-corrected chi connectivity index (χ4v) is 2.79. The number of carbonyl (C=O) groups is 2. The molecule has 1 aliphatic rings. The Bertz CT molecular complexity index is 629. The van der Waals surface area contributed by atoms with Gasteiger partial charge in [-0.05, 0) is 43.9 Å². The number of halogens is 4. The van der Waals surface area contributed by atoms with Crippen molar-refractivity contribution in [3.8, 4) is 0 Å². The molecule has 0 aliphatic heterocycles. The average Bonchev–Trinajstić information content (AvgIpc) is 2.48. The average molecular weight is 365 g/mol. The Morgan fingerprint density at radius 2 is 1.79 bits per heavy atom. The summed E-state index contributed by atoms with van der Waals surface area (Å²) in [5, 5.41) is 13.8. The maximum atomic E-state index is 12.7. The predicted octanol–water partition coefficient (Wildman–Crippen LogP) is 4.12. The largest absolute Gasteiger partial charge is 0.481 e. The fourth-order valence-electron chi connectivity index (χ4n) is 2.63. The molecule has 9 heteroatoms. The second-order valence-electron chi connectivity index (χ2n) is 5.68. The Morgan fingerprint density at radius 1 is 1.17 bits per heavy atom. The summed E-state index contributed by atoms with van der Waals surface area (Å²) in [6.07, 6.45) is -2.64. The minimum absolute atomic E-state index is 0.00673. The summed E-state index contributed by atoms with van der Waals surface area (Å²) in [5.74, 6) is -1.27. The van der Waals surface area contributed by atoms with E-state index in [1.165, 1.54) is 0 Å². The molecular formula is C15H16ClF3N2O3. The number of carbonyl (C=O) groups excluding carboxylic acids is 1. The van der Waals surface area contributed by atoms with Crippen LogP contribution >= 0.6 is 11.6 Å². The van der Waals surface area contributed by atoms with Crippen LogP contribution in [0.25, 0.3) is 0 Å². The van der Waals surface area contributed by atoms with E-state index < -0.39 is 29.7 Å². The highest BCUT2D eigenvalue weighted by Crippen LogP contribution is 2.33. The van der Waals surface area contributed by atoms with E-state index in [1.54, 1.807) is 0 Å². The van der Waals surface area contributed by atoms with Crippen LogP contribution in [0, 0.1) is 5.92 Å². The van der Waals surface area contributed by atoms with Gasteiger partial charge >= 0.3 is 18.2 Å². The Kier molecular flexibility index (Phi) is 5.58. The number of rotatable bonds is 3. The van der Waals surface area contributed by atoms with Crippen LogP contribution in [0.15, 0.2) is 18.2 Å². The highest BCUT2D eigenvalue weighted by atomic mass is 35.5. The number of alkyl halides is 3. The van der Waals surface area contributed by atoms with Crippen LogP contribution in [-0.2, 0) is 11.0 Å². The van der Waals surface area contributed by atoms with Gasteiger partial charge < -0.3 is 15.7 Å². The molecule has 0 saturated heterocycles. The molecule has 1 fully saturated rings. The molecule has 0 atom stereocenters. The van der Waals surface area contributed by atoms with Gasteiger partial charge in [0.1, 0.15) is 0 Å². The molecule has 24 heavy (non-hydrogen) atoms. The smallest absolute Gasteiger partial charge is 0.416 e. The van der Waals surface area contributed by atoms with Crippen LogP contribution in [0.3, 0.4) is 0 Å². The number of carboxylic acids is 1. The van der Waals surface area contributed by atoms with Crippen LogP contribution in [0.4, 0.5) is 23.7 Å². The van der Waals surface area contributed by atoms with Crippen LogP contribution in [-0.4, -0.2) is 23.1 Å². The number of benzene rings is 1. The van der Waals surface area contributed by atoms with E-state index >= 15 is 0 Å². The molecule has 0 aromatic heterocycles. The van der Waals surface area contributed by atoms with Crippen molar-refractivity contribution >= 4 is 29.3 Å². The molecule has 132 valence electrons. The summed E-state index contributed by atoms with van der Waals surface area (Å²) in [6.45, 7) is 0. The summed E-state index contributed by atoms with van der Waals surface area (Å²) in [4.78, 5) is 22.8. The van der Waals surface area contributed by atoms with Crippen molar-refractivity contribution in [3.05, 3.63) is 28.8 Å². The molecule has 0 radical (unpaired) electrons. The van der Waals surface area contributed by atoms with Gasteiger partial charge in [-0.2, -0.15) is 13.2 Å². The van der Waals surface area contributed by atoms with Crippen LogP contribution < -0.4 is 10.6 Å². The number of hydrogen-bond acceptors (Lipinski definition) is 2. The van der Waals surface area contributed by atoms with E-state index in [9.17, 15) is 22.8 Å². The third-order valence-corrected chi connectivity index (χ3v) is 4.28. The normalized spacial score (nSPS) is 21.2. The number of amides is 2. The monoisotopic (exact) mass is 364 g/mol. The molecule has 0 bridgehead atoms. The van der Waals surface area contributed by atoms with Gasteiger partial charge in [-0.15, -0.1) is 0 Å². The molecule has 2 amide bonds. The minimum Gasteiger partial charge on any atom is -0.481 e. The molecule has 0 unspecified atom stereocenters. The Labute approximate surface area is 141 Å². The summed E-state index contributed by atoms with van der Waals surface area (Å²) in [6, 6.07) is 1.78. The highest BCUT2D eigenvalue weighted by Gasteiger charge is 2.31. The van der Waals surface area contributed by atoms with Gasteiger partial charge in [-0.1, -0.05) is 11.6 Å². The molecule has 2 rings (SSSR count). The molecule has 1 aromatic carbocycles. The van der Waals surface area contributed by atoms with Crippen molar-refractivity contribution in [1.29, 1.82) is 0 Å². The second-order valence-corrected chi connectivity index (χ2v) is 6.08. The number of hydrogen-bond donors (Lipinski definition) is 3. The fraction of sp³-hybridized carbons (Fsp3) is 0.467. The summed E-state index contributed by atoms with van der Waals surface area (Å²) in [7, 11) is 0. The van der Waals surface area contributed by atoms with Gasteiger partial charge in [-0.3, -0.25) is 4.79 Å². The van der Waals surface area contributed by atoms with Gasteiger partial charge in [0.05, 0.1) is 22.2 Å². The number of nitrogens with one attached hydrogen (secondary N) is 2. The predicted molar refractivity (Wildman–Crippen MR) is 82.0 cm³/mol. The zero-order chi connectivity index (χ0) is 17.9. The van der Waals surface area contributed by atoms with E-state index in [-0.39, 0.29) is 16.8 Å². The molecule has 1 aromatic rings. The first-order valence-corrected chi connectivity index (χ1v) is 7.71. The first-order valence-electron chi connectivity index (χ1n) is 7.34. The van der Waals surface area contributed by atoms with Crippen molar-refractivity contribution in [2.45, 2.75) is 37.9 Å². The number of urea groups is 1. The maximum absolute atomic E-state index is 12.7. The van der Waals surface area contributed by atoms with Crippen molar-refractivity contribution in [2.75, 3.05) is 5.32 Å². The van der Waals surface area contributed by atoms with Gasteiger partial charge in [0.2, 0.25) is 0 Å². The first kappa shape index (κ1) is 18.4. The summed E-state index contributed by atoms with van der Waals surface area (Å²) in [5.41, 5.74) is -1.05. The summed E-state index contributed by atoms with van der Waals surface area (Å²) >= 11 is 5.81. The number of carboxylic acid groups (broad SMARTS) is 1. The Morgan fingerprint density at radius 3 is 2.33 bits per heavy atom. The first-order chi connectivity index (χ1) is 11.2. The SMILES string of the molecule is O=C(Nc1cc(C(F)(F)F)ccc1Cl)NC1CCC(C(=O)O)CC1. The van der Waals surface area contributed by atoms with E-state index in [1.807, 2.05) is 0 Å². The Hall–Kier alpha value is -1.96. The van der Waals surface area contributed by atoms with E-state index in [0.29, 0.717) is 25.7 Å². The zero-order valence-corrected chi connectivity index (χ0v) is 13.2. The lowest BCUT2D eigenvalue weighted by Gasteiger charge is -2.27. The van der Waals surface area contributed by atoms with Crippen molar-refractivity contribution in [2.24, 2.45) is 5.92 Å². The topological polar surface area (TPSA) is 78.4 Å². The van der Waals surface area contributed by atoms with Gasteiger partial charge in [-0.25, -0.2) is 4.79 Å². The molecule has 0 heterocycles. The molecule has 1 saturated carbocycles. The second kappa shape index (κ2) is 7.29. The third-order valence-electron chi connectivity index (χ3n) is 3.95. The highest BCUT2D eigenvalue weighted by molar-refractivity contribution is 6.33. The molecule has 3 N–H and O–H groups in total. The van der Waals surface area contributed by atoms with E-state index in [0.717, 1.165) is 18.2 Å². The van der Waals surface area contributed by atoms with Crippen molar-refractivity contribution < 1.29 is 27.9 Å². The molecular weight excluding hydrogens is 349 g/mol. The van der Waals surface area contributed by atoms with Gasteiger partial charge in [0.15, 0.2) is 0 Å². The van der Waals surface area contributed by atoms with Crippen LogP contribution in [0.2, 0.25) is 5.02 Å². The van der Waals surface area contributed by atoms with E-state index in [2.05, 4.69) is 10.6 Å². The molecule has 1 aliphatic carbocycles. The molecule has 5 nitrogen and oxygen atoms in total. The lowest BCUT2D eigenvalue weighted by Crippen LogP contribution is -2.41. The van der Waals surface area contributed by atoms with Crippen LogP contribution in [0.1, 0.15) is 31.2 Å². The van der Waals surface area contributed by atoms with Crippen molar-refractivity contribution in [3.63, 3.8) is 0 Å². The van der Waals surface area contributed by atoms with Gasteiger partial charge in [0, 0.05) is 6.04 Å². The lowest BCUT2D eigenvalue weighted by atomic mass is 9.86. The third kappa shape index (κ3) is 4.77. The van der Waals surface area contributed by atoms with E-state index in [4.69, 9.17) is 16.7 Å².